The van der Waals surface area contributed by atoms with Crippen molar-refractivity contribution in [1.82, 2.24) is 5.32 Å². The maximum Gasteiger partial charge on any atom is 0.240 e. The largest absolute Gasteiger partial charge is 0.394 e. The quantitative estimate of drug-likeness (QED) is 0.590. The van der Waals surface area contributed by atoms with E-state index in [1.807, 2.05) is 6.07 Å². The molecule has 0 rings (SSSR count). The van der Waals surface area contributed by atoms with Crippen molar-refractivity contribution < 1.29 is 15.0 Å². The molecule has 5 nitrogen and oxygen atoms in total. The maximum atomic E-state index is 11.6. The van der Waals surface area contributed by atoms with E-state index in [-0.39, 0.29) is 13.2 Å². The van der Waals surface area contributed by atoms with Crippen LogP contribution in [0.3, 0.4) is 0 Å². The number of nitriles is 1. The van der Waals surface area contributed by atoms with Crippen LogP contribution in [0.4, 0.5) is 0 Å². The van der Waals surface area contributed by atoms with Gasteiger partial charge in [-0.15, -0.1) is 0 Å². The Labute approximate surface area is 89.7 Å². The molecule has 86 valence electrons. The molecular formula is C10H18N2O3. The molecule has 0 saturated carbocycles. The Morgan fingerprint density at radius 1 is 1.40 bits per heavy atom. The van der Waals surface area contributed by atoms with Gasteiger partial charge in [-0.2, -0.15) is 5.26 Å². The van der Waals surface area contributed by atoms with Crippen molar-refractivity contribution in [2.24, 2.45) is 5.41 Å². The number of carbonyl (C=O) groups excluding carboxylic acids is 1. The van der Waals surface area contributed by atoms with E-state index in [2.05, 4.69) is 5.32 Å². The molecule has 0 aliphatic rings. The fourth-order valence-electron chi connectivity index (χ4n) is 0.889. The molecule has 5 heteroatoms. The van der Waals surface area contributed by atoms with Crippen LogP contribution in [0, 0.1) is 16.7 Å². The zero-order valence-electron chi connectivity index (χ0n) is 9.37. The summed E-state index contributed by atoms with van der Waals surface area (Å²) in [6, 6.07) is 1.86. The Bertz CT molecular complexity index is 256. The van der Waals surface area contributed by atoms with Crippen LogP contribution in [0.2, 0.25) is 0 Å². The Morgan fingerprint density at radius 3 is 2.13 bits per heavy atom. The minimum atomic E-state index is -1.16. The molecule has 1 amide bonds. The fourth-order valence-corrected chi connectivity index (χ4v) is 0.889. The zero-order valence-corrected chi connectivity index (χ0v) is 9.37. The summed E-state index contributed by atoms with van der Waals surface area (Å²) in [5, 5.41) is 29.5. The van der Waals surface area contributed by atoms with E-state index in [9.17, 15) is 4.79 Å². The molecule has 0 aromatic heterocycles. The standard InChI is InChI=1S/C10H18N2O3/c1-4-10(6-13,7-14)12-8(15)9(2,3)5-11/h13-14H,4,6-7H2,1-3H3,(H,12,15). The lowest BCUT2D eigenvalue weighted by molar-refractivity contribution is -0.130. The molecule has 0 aromatic carbocycles. The van der Waals surface area contributed by atoms with E-state index in [1.54, 1.807) is 6.92 Å². The molecule has 0 aliphatic heterocycles. The lowest BCUT2D eigenvalue weighted by Gasteiger charge is -2.32. The monoisotopic (exact) mass is 214 g/mol. The smallest absolute Gasteiger partial charge is 0.240 e. The first-order chi connectivity index (χ1) is 6.87. The van der Waals surface area contributed by atoms with Crippen LogP contribution in [0.1, 0.15) is 27.2 Å². The highest BCUT2D eigenvalue weighted by molar-refractivity contribution is 5.85. The van der Waals surface area contributed by atoms with Crippen LogP contribution in [0.25, 0.3) is 0 Å². The number of aliphatic hydroxyl groups is 2. The fraction of sp³-hybridized carbons (Fsp3) is 0.800. The average Bonchev–Trinajstić information content (AvgIpc) is 2.25. The highest BCUT2D eigenvalue weighted by Crippen LogP contribution is 2.17. The maximum absolute atomic E-state index is 11.6. The molecule has 0 aliphatic carbocycles. The second-order valence-electron chi connectivity index (χ2n) is 4.14. The molecule has 0 spiro atoms. The van der Waals surface area contributed by atoms with Gasteiger partial charge in [0, 0.05) is 0 Å². The Balaban J connectivity index is 4.72. The topological polar surface area (TPSA) is 93.3 Å². The van der Waals surface area contributed by atoms with Gasteiger partial charge in [0.05, 0.1) is 24.8 Å². The normalized spacial score (nSPS) is 12.0. The van der Waals surface area contributed by atoms with Crippen molar-refractivity contribution in [2.75, 3.05) is 13.2 Å². The summed E-state index contributed by atoms with van der Waals surface area (Å²) in [4.78, 5) is 11.6. The van der Waals surface area contributed by atoms with Gasteiger partial charge < -0.3 is 15.5 Å². The predicted molar refractivity (Wildman–Crippen MR) is 54.7 cm³/mol. The third-order valence-corrected chi connectivity index (χ3v) is 2.51. The van der Waals surface area contributed by atoms with Gasteiger partial charge >= 0.3 is 0 Å². The number of nitrogens with one attached hydrogen (secondary N) is 1. The number of hydrogen-bond donors (Lipinski definition) is 3. The summed E-state index contributed by atoms with van der Waals surface area (Å²) in [7, 11) is 0. The third-order valence-electron chi connectivity index (χ3n) is 2.51. The van der Waals surface area contributed by atoms with Crippen LogP contribution in [-0.2, 0) is 4.79 Å². The molecule has 15 heavy (non-hydrogen) atoms. The average molecular weight is 214 g/mol. The Hall–Kier alpha value is -1.12. The van der Waals surface area contributed by atoms with Crippen molar-refractivity contribution in [3.8, 4) is 6.07 Å². The number of nitrogens with zero attached hydrogens (tertiary/aromatic N) is 1. The summed E-state index contributed by atoms with van der Waals surface area (Å²) < 4.78 is 0. The van der Waals surface area contributed by atoms with Crippen molar-refractivity contribution in [2.45, 2.75) is 32.7 Å². The van der Waals surface area contributed by atoms with E-state index < -0.39 is 16.9 Å². The summed E-state index contributed by atoms with van der Waals surface area (Å²) in [6.45, 7) is 4.00. The van der Waals surface area contributed by atoms with Gasteiger partial charge in [0.15, 0.2) is 0 Å². The van der Waals surface area contributed by atoms with Crippen molar-refractivity contribution in [1.29, 1.82) is 5.26 Å². The lowest BCUT2D eigenvalue weighted by Crippen LogP contribution is -2.56. The molecule has 0 radical (unpaired) electrons. The summed E-state index contributed by atoms with van der Waals surface area (Å²) in [6.07, 6.45) is 0.396. The van der Waals surface area contributed by atoms with Crippen molar-refractivity contribution in [3.63, 3.8) is 0 Å². The van der Waals surface area contributed by atoms with Crippen LogP contribution in [0.15, 0.2) is 0 Å². The van der Waals surface area contributed by atoms with Gasteiger partial charge in [-0.05, 0) is 20.3 Å². The van der Waals surface area contributed by atoms with E-state index in [0.717, 1.165) is 0 Å². The highest BCUT2D eigenvalue weighted by Gasteiger charge is 2.35. The van der Waals surface area contributed by atoms with E-state index in [0.29, 0.717) is 6.42 Å². The molecule has 0 aromatic rings. The molecule has 0 heterocycles. The highest BCUT2D eigenvalue weighted by atomic mass is 16.3. The molecule has 0 bridgehead atoms. The lowest BCUT2D eigenvalue weighted by atomic mass is 9.91. The molecule has 0 fully saturated rings. The third kappa shape index (κ3) is 3.18. The van der Waals surface area contributed by atoms with Crippen LogP contribution < -0.4 is 5.32 Å². The SMILES string of the molecule is CCC(CO)(CO)NC(=O)C(C)(C)C#N. The Morgan fingerprint density at radius 2 is 1.87 bits per heavy atom. The predicted octanol–water partition coefficient (Wildman–Crippen LogP) is -0.214. The molecule has 0 atom stereocenters. The van der Waals surface area contributed by atoms with E-state index in [1.165, 1.54) is 13.8 Å². The first kappa shape index (κ1) is 13.9. The van der Waals surface area contributed by atoms with Crippen molar-refractivity contribution >= 4 is 5.91 Å². The summed E-state index contributed by atoms with van der Waals surface area (Å²) >= 11 is 0. The van der Waals surface area contributed by atoms with Crippen LogP contribution in [-0.4, -0.2) is 34.9 Å². The number of carbonyl (C=O) groups is 1. The van der Waals surface area contributed by atoms with Gasteiger partial charge in [0.2, 0.25) is 5.91 Å². The molecule has 3 N–H and O–H groups in total. The van der Waals surface area contributed by atoms with E-state index in [4.69, 9.17) is 15.5 Å². The van der Waals surface area contributed by atoms with Gasteiger partial charge in [-0.25, -0.2) is 0 Å². The number of hydrogen-bond acceptors (Lipinski definition) is 4. The molecule has 0 saturated heterocycles. The molecule has 0 unspecified atom stereocenters. The van der Waals surface area contributed by atoms with Gasteiger partial charge in [-0.3, -0.25) is 4.79 Å². The number of rotatable bonds is 5. The van der Waals surface area contributed by atoms with Gasteiger partial charge in [0.25, 0.3) is 0 Å². The first-order valence-corrected chi connectivity index (χ1v) is 4.83. The Kier molecular flexibility index (Phi) is 4.72. The zero-order chi connectivity index (χ0) is 12.1. The first-order valence-electron chi connectivity index (χ1n) is 4.83. The van der Waals surface area contributed by atoms with Crippen LogP contribution >= 0.6 is 0 Å². The van der Waals surface area contributed by atoms with Gasteiger partial charge in [0.1, 0.15) is 5.41 Å². The second kappa shape index (κ2) is 5.10. The van der Waals surface area contributed by atoms with E-state index >= 15 is 0 Å². The minimum Gasteiger partial charge on any atom is -0.394 e. The second-order valence-corrected chi connectivity index (χ2v) is 4.14. The summed E-state index contributed by atoms with van der Waals surface area (Å²) in [5.41, 5.74) is -2.20. The van der Waals surface area contributed by atoms with Gasteiger partial charge in [-0.1, -0.05) is 6.92 Å². The minimum absolute atomic E-state index is 0.354. The number of amides is 1. The van der Waals surface area contributed by atoms with Crippen LogP contribution in [0.5, 0.6) is 0 Å². The number of aliphatic hydroxyl groups excluding tert-OH is 2. The molecular weight excluding hydrogens is 196 g/mol. The van der Waals surface area contributed by atoms with Crippen molar-refractivity contribution in [3.05, 3.63) is 0 Å². The summed E-state index contributed by atoms with van der Waals surface area (Å²) in [5.74, 6) is -0.491.